The second-order valence-corrected chi connectivity index (χ2v) is 16.9. The number of nitrogens with zero attached hydrogens (tertiary/aromatic N) is 1. The van der Waals surface area contributed by atoms with Crippen LogP contribution in [-0.2, 0) is 25.9 Å². The molecule has 278 valence electrons. The minimum atomic E-state index is -4.30. The SMILES string of the molecule is CCCCCCCCCCCCCCCCCC(=O)c1cc2c(cc1F)S(=O)(=O)C[C@H](NC(=O)OC(C)(C)C)C(=O)N2Cc1ccc(Cl)cc1. The zero-order valence-electron chi connectivity index (χ0n) is 30.3. The Bertz CT molecular complexity index is 1520. The van der Waals surface area contributed by atoms with E-state index in [0.29, 0.717) is 17.0 Å². The highest BCUT2D eigenvalue weighted by Gasteiger charge is 2.40. The van der Waals surface area contributed by atoms with Crippen molar-refractivity contribution >= 4 is 44.9 Å². The molecular weight excluding hydrogens is 679 g/mol. The Hall–Kier alpha value is -2.98. The zero-order chi connectivity index (χ0) is 36.7. The number of hydrogen-bond donors (Lipinski definition) is 1. The topological polar surface area (TPSA) is 110 Å². The van der Waals surface area contributed by atoms with Crippen LogP contribution in [0, 0.1) is 5.82 Å². The molecule has 50 heavy (non-hydrogen) atoms. The smallest absolute Gasteiger partial charge is 0.408 e. The molecule has 0 aliphatic carbocycles. The summed E-state index contributed by atoms with van der Waals surface area (Å²) in [6.45, 7) is 7.05. The van der Waals surface area contributed by atoms with E-state index < -0.39 is 55.7 Å². The van der Waals surface area contributed by atoms with Crippen molar-refractivity contribution in [3.05, 3.63) is 58.4 Å². The number of nitrogens with one attached hydrogen (secondary N) is 1. The molecule has 1 aliphatic rings. The minimum absolute atomic E-state index is 0.106. The van der Waals surface area contributed by atoms with E-state index >= 15 is 4.39 Å². The zero-order valence-corrected chi connectivity index (χ0v) is 31.9. The average Bonchev–Trinajstić information content (AvgIpc) is 3.11. The number of carbonyl (C=O) groups excluding carboxylic acids is 3. The largest absolute Gasteiger partial charge is 0.444 e. The Morgan fingerprint density at radius 1 is 0.880 bits per heavy atom. The van der Waals surface area contributed by atoms with Gasteiger partial charge >= 0.3 is 6.09 Å². The standard InChI is InChI=1S/C39H56ClFN2O6S/c1-5-6-7-8-9-10-11-12-13-14-15-16-17-18-19-20-35(44)31-25-34-36(26-32(31)41)50(47,48)28-33(42-38(46)49-39(2,3)4)37(45)43(34)27-29-21-23-30(40)24-22-29/h21-26,33H,5-20,27-28H2,1-4H3,(H,42,46)/t33-/m0/s1. The summed E-state index contributed by atoms with van der Waals surface area (Å²) >= 11 is 6.05. The van der Waals surface area contributed by atoms with Crippen molar-refractivity contribution in [3.63, 3.8) is 0 Å². The Labute approximate surface area is 303 Å². The molecule has 11 heteroatoms. The molecule has 0 spiro atoms. The van der Waals surface area contributed by atoms with Gasteiger partial charge in [-0.3, -0.25) is 9.59 Å². The summed E-state index contributed by atoms with van der Waals surface area (Å²) < 4.78 is 47.9. The second-order valence-electron chi connectivity index (χ2n) is 14.5. The Kier molecular flexibility index (Phi) is 16.7. The Morgan fingerprint density at radius 2 is 1.40 bits per heavy atom. The number of carbonyl (C=O) groups is 3. The predicted octanol–water partition coefficient (Wildman–Crippen LogP) is 10.1. The van der Waals surface area contributed by atoms with Gasteiger partial charge in [0.15, 0.2) is 15.6 Å². The second kappa shape index (κ2) is 20.2. The van der Waals surface area contributed by atoms with Gasteiger partial charge in [0, 0.05) is 11.4 Å². The number of amides is 2. The summed E-state index contributed by atoms with van der Waals surface area (Å²) in [6, 6.07) is 7.08. The highest BCUT2D eigenvalue weighted by atomic mass is 35.5. The van der Waals surface area contributed by atoms with Gasteiger partial charge in [-0.2, -0.15) is 0 Å². The molecule has 2 aromatic rings. The first kappa shape index (κ1) is 41.4. The normalized spacial score (nSPS) is 15.8. The van der Waals surface area contributed by atoms with Crippen LogP contribution in [0.4, 0.5) is 14.9 Å². The number of benzene rings is 2. The number of fused-ring (bicyclic) bond motifs is 1. The molecule has 2 aromatic carbocycles. The molecule has 0 saturated carbocycles. The van der Waals surface area contributed by atoms with Gasteiger partial charge in [-0.15, -0.1) is 0 Å². The number of Topliss-reactive ketones (excluding diaryl/α,β-unsaturated/α-hetero) is 1. The molecule has 0 aromatic heterocycles. The molecule has 1 aliphatic heterocycles. The predicted molar refractivity (Wildman–Crippen MR) is 198 cm³/mol. The first-order valence-corrected chi connectivity index (χ1v) is 20.4. The van der Waals surface area contributed by atoms with Crippen LogP contribution in [0.2, 0.25) is 5.02 Å². The maximum Gasteiger partial charge on any atom is 0.408 e. The van der Waals surface area contributed by atoms with Crippen LogP contribution in [0.25, 0.3) is 0 Å². The monoisotopic (exact) mass is 734 g/mol. The van der Waals surface area contributed by atoms with Crippen LogP contribution < -0.4 is 10.2 Å². The van der Waals surface area contributed by atoms with Gasteiger partial charge in [0.05, 0.1) is 28.4 Å². The molecule has 0 unspecified atom stereocenters. The summed E-state index contributed by atoms with van der Waals surface area (Å²) in [5.41, 5.74) is -0.663. The quantitative estimate of drug-likeness (QED) is 0.107. The summed E-state index contributed by atoms with van der Waals surface area (Å²) in [4.78, 5) is 40.6. The fraction of sp³-hybridized carbons (Fsp3) is 0.615. The number of hydrogen-bond acceptors (Lipinski definition) is 6. The molecule has 2 amide bonds. The van der Waals surface area contributed by atoms with Crippen LogP contribution in [0.5, 0.6) is 0 Å². The van der Waals surface area contributed by atoms with Crippen LogP contribution >= 0.6 is 11.6 Å². The van der Waals surface area contributed by atoms with Crippen LogP contribution in [-0.4, -0.2) is 43.6 Å². The van der Waals surface area contributed by atoms with Crippen molar-refractivity contribution in [1.29, 1.82) is 0 Å². The van der Waals surface area contributed by atoms with Crippen LogP contribution in [0.1, 0.15) is 146 Å². The van der Waals surface area contributed by atoms with E-state index in [1.807, 2.05) is 0 Å². The third-order valence-corrected chi connectivity index (χ3v) is 10.9. The number of anilines is 1. The van der Waals surface area contributed by atoms with Gasteiger partial charge in [0.2, 0.25) is 0 Å². The summed E-state index contributed by atoms with van der Waals surface area (Å²) in [7, 11) is -4.30. The van der Waals surface area contributed by atoms with Crippen molar-refractivity contribution in [1.82, 2.24) is 5.32 Å². The van der Waals surface area contributed by atoms with E-state index in [4.69, 9.17) is 16.3 Å². The fourth-order valence-electron chi connectivity index (χ4n) is 6.18. The molecule has 1 atom stereocenters. The molecule has 0 radical (unpaired) electrons. The highest BCUT2D eigenvalue weighted by Crippen LogP contribution is 2.35. The number of halogens is 2. The van der Waals surface area contributed by atoms with Gasteiger partial charge in [-0.05, 0) is 57.0 Å². The third kappa shape index (κ3) is 13.6. The molecule has 1 heterocycles. The lowest BCUT2D eigenvalue weighted by atomic mass is 10.0. The van der Waals surface area contributed by atoms with Gasteiger partial charge in [-0.1, -0.05) is 121 Å². The Morgan fingerprint density at radius 3 is 1.92 bits per heavy atom. The number of ether oxygens (including phenoxy) is 1. The van der Waals surface area contributed by atoms with Gasteiger partial charge in [0.1, 0.15) is 17.5 Å². The lowest BCUT2D eigenvalue weighted by Crippen LogP contribution is -2.51. The van der Waals surface area contributed by atoms with E-state index in [2.05, 4.69) is 12.2 Å². The molecular formula is C39H56ClFN2O6S. The molecule has 0 saturated heterocycles. The highest BCUT2D eigenvalue weighted by molar-refractivity contribution is 7.91. The van der Waals surface area contributed by atoms with Crippen molar-refractivity contribution in [3.8, 4) is 0 Å². The van der Waals surface area contributed by atoms with Crippen molar-refractivity contribution < 1.29 is 31.9 Å². The van der Waals surface area contributed by atoms with Gasteiger partial charge < -0.3 is 15.0 Å². The van der Waals surface area contributed by atoms with Crippen molar-refractivity contribution in [2.24, 2.45) is 0 Å². The minimum Gasteiger partial charge on any atom is -0.444 e. The van der Waals surface area contributed by atoms with Gasteiger partial charge in [-0.25, -0.2) is 17.6 Å². The van der Waals surface area contributed by atoms with Gasteiger partial charge in [0.25, 0.3) is 5.91 Å². The molecule has 8 nitrogen and oxygen atoms in total. The van der Waals surface area contributed by atoms with E-state index in [1.165, 1.54) is 81.6 Å². The Balaban J connectivity index is 1.64. The number of unbranched alkanes of at least 4 members (excludes halogenated alkanes) is 14. The molecule has 0 fully saturated rings. The first-order chi connectivity index (χ1) is 23.7. The van der Waals surface area contributed by atoms with Crippen LogP contribution in [0.3, 0.4) is 0 Å². The number of alkyl carbamates (subject to hydrolysis) is 1. The van der Waals surface area contributed by atoms with Crippen LogP contribution in [0.15, 0.2) is 41.3 Å². The first-order valence-electron chi connectivity index (χ1n) is 18.4. The van der Waals surface area contributed by atoms with E-state index in [1.54, 1.807) is 45.0 Å². The molecule has 1 N–H and O–H groups in total. The molecule has 3 rings (SSSR count). The third-order valence-electron chi connectivity index (χ3n) is 8.88. The lowest BCUT2D eigenvalue weighted by Gasteiger charge is -2.27. The van der Waals surface area contributed by atoms with E-state index in [9.17, 15) is 22.8 Å². The summed E-state index contributed by atoms with van der Waals surface area (Å²) in [5.74, 6) is -2.96. The lowest BCUT2D eigenvalue weighted by molar-refractivity contribution is -0.120. The maximum atomic E-state index is 15.5. The van der Waals surface area contributed by atoms with E-state index in [-0.39, 0.29) is 24.2 Å². The molecule has 0 bridgehead atoms. The average molecular weight is 735 g/mol. The summed E-state index contributed by atoms with van der Waals surface area (Å²) in [6.07, 6.45) is 16.9. The number of sulfone groups is 1. The number of rotatable bonds is 20. The summed E-state index contributed by atoms with van der Waals surface area (Å²) in [5, 5.41) is 2.86. The van der Waals surface area contributed by atoms with Crippen molar-refractivity contribution in [2.75, 3.05) is 10.7 Å². The van der Waals surface area contributed by atoms with Crippen molar-refractivity contribution in [2.45, 2.75) is 154 Å². The maximum absolute atomic E-state index is 15.5. The van der Waals surface area contributed by atoms with E-state index in [0.717, 1.165) is 25.3 Å². The fourth-order valence-corrected chi connectivity index (χ4v) is 7.93. The number of ketones is 1.